The van der Waals surface area contributed by atoms with E-state index in [2.05, 4.69) is 31.1 Å². The quantitative estimate of drug-likeness (QED) is 0.574. The fraction of sp³-hybridized carbons (Fsp3) is 0.778. The van der Waals surface area contributed by atoms with E-state index in [1.807, 2.05) is 6.08 Å². The molecule has 0 aromatic rings. The first-order valence-electron chi connectivity index (χ1n) is 4.27. The summed E-state index contributed by atoms with van der Waals surface area (Å²) in [7, 11) is 0. The summed E-state index contributed by atoms with van der Waals surface area (Å²) in [5.41, 5.74) is 0.208. The van der Waals surface area contributed by atoms with Crippen molar-refractivity contribution in [3.63, 3.8) is 0 Å². The van der Waals surface area contributed by atoms with Crippen molar-refractivity contribution in [1.29, 1.82) is 0 Å². The van der Waals surface area contributed by atoms with Crippen LogP contribution in [0.5, 0.6) is 0 Å². The summed E-state index contributed by atoms with van der Waals surface area (Å²) in [5.74, 6) is 0.523. The van der Waals surface area contributed by atoms with Crippen LogP contribution in [0.25, 0.3) is 0 Å². The van der Waals surface area contributed by atoms with E-state index in [0.29, 0.717) is 5.92 Å². The number of hydrogen-bond acceptors (Lipinski definition) is 2. The minimum absolute atomic E-state index is 0.208. The molecule has 0 aromatic carbocycles. The molecule has 0 amide bonds. The van der Waals surface area contributed by atoms with Crippen molar-refractivity contribution in [2.24, 2.45) is 5.92 Å². The molecular weight excluding hydrogens is 136 g/mol. The molecule has 1 rings (SSSR count). The highest BCUT2D eigenvalue weighted by molar-refractivity contribution is 4.99. The molecule has 1 aliphatic rings. The standard InChI is InChI=1S/C9H18N2/c1-4-8(2)9(3)7-10-5-6-11-9/h4,8,10-11H,1,5-7H2,2-3H3. The summed E-state index contributed by atoms with van der Waals surface area (Å²) in [5, 5.41) is 6.89. The van der Waals surface area contributed by atoms with Crippen LogP contribution in [0.2, 0.25) is 0 Å². The van der Waals surface area contributed by atoms with Gasteiger partial charge in [-0.1, -0.05) is 13.0 Å². The first-order chi connectivity index (χ1) is 5.19. The van der Waals surface area contributed by atoms with Crippen LogP contribution in [0.4, 0.5) is 0 Å². The van der Waals surface area contributed by atoms with Gasteiger partial charge in [0.15, 0.2) is 0 Å². The Kier molecular flexibility index (Phi) is 2.68. The topological polar surface area (TPSA) is 24.1 Å². The third-order valence-corrected chi connectivity index (χ3v) is 2.68. The van der Waals surface area contributed by atoms with Gasteiger partial charge in [-0.25, -0.2) is 0 Å². The van der Waals surface area contributed by atoms with Gasteiger partial charge in [0, 0.05) is 25.2 Å². The van der Waals surface area contributed by atoms with Gasteiger partial charge >= 0.3 is 0 Å². The lowest BCUT2D eigenvalue weighted by molar-refractivity contribution is 0.241. The fourth-order valence-corrected chi connectivity index (χ4v) is 1.43. The molecule has 0 bridgehead atoms. The molecule has 0 aliphatic carbocycles. The maximum absolute atomic E-state index is 3.81. The number of rotatable bonds is 2. The van der Waals surface area contributed by atoms with Gasteiger partial charge in [0.1, 0.15) is 0 Å². The third kappa shape index (κ3) is 1.82. The molecule has 0 spiro atoms. The lowest BCUT2D eigenvalue weighted by atomic mass is 9.86. The van der Waals surface area contributed by atoms with Crippen LogP contribution in [0, 0.1) is 5.92 Å². The van der Waals surface area contributed by atoms with Crippen molar-refractivity contribution in [3.05, 3.63) is 12.7 Å². The maximum Gasteiger partial charge on any atom is 0.0338 e. The van der Waals surface area contributed by atoms with Crippen LogP contribution in [-0.2, 0) is 0 Å². The molecule has 1 heterocycles. The van der Waals surface area contributed by atoms with Crippen molar-refractivity contribution >= 4 is 0 Å². The van der Waals surface area contributed by atoms with Crippen LogP contribution >= 0.6 is 0 Å². The molecule has 1 saturated heterocycles. The first-order valence-corrected chi connectivity index (χ1v) is 4.27. The van der Waals surface area contributed by atoms with Gasteiger partial charge in [0.25, 0.3) is 0 Å². The minimum atomic E-state index is 0.208. The Hall–Kier alpha value is -0.340. The Balaban J connectivity index is 2.55. The Morgan fingerprint density at radius 2 is 2.27 bits per heavy atom. The highest BCUT2D eigenvalue weighted by atomic mass is 15.1. The van der Waals surface area contributed by atoms with Crippen molar-refractivity contribution in [1.82, 2.24) is 10.6 Å². The monoisotopic (exact) mass is 154 g/mol. The second-order valence-corrected chi connectivity index (χ2v) is 3.55. The van der Waals surface area contributed by atoms with Gasteiger partial charge in [0.05, 0.1) is 0 Å². The van der Waals surface area contributed by atoms with Crippen molar-refractivity contribution in [3.8, 4) is 0 Å². The Bertz CT molecular complexity index is 136. The summed E-state index contributed by atoms with van der Waals surface area (Å²) in [6.07, 6.45) is 2.01. The second-order valence-electron chi connectivity index (χ2n) is 3.55. The van der Waals surface area contributed by atoms with Gasteiger partial charge in [-0.05, 0) is 12.8 Å². The molecule has 2 N–H and O–H groups in total. The molecule has 0 saturated carbocycles. The summed E-state index contributed by atoms with van der Waals surface area (Å²) >= 11 is 0. The largest absolute Gasteiger partial charge is 0.314 e. The van der Waals surface area contributed by atoms with Crippen LogP contribution in [-0.4, -0.2) is 25.2 Å². The molecule has 0 aromatic heterocycles. The van der Waals surface area contributed by atoms with E-state index in [4.69, 9.17) is 0 Å². The number of nitrogens with one attached hydrogen (secondary N) is 2. The van der Waals surface area contributed by atoms with Gasteiger partial charge < -0.3 is 10.6 Å². The molecule has 0 radical (unpaired) electrons. The van der Waals surface area contributed by atoms with Gasteiger partial charge in [0.2, 0.25) is 0 Å². The average Bonchev–Trinajstić information content (AvgIpc) is 2.04. The maximum atomic E-state index is 3.81. The molecule has 2 unspecified atom stereocenters. The van der Waals surface area contributed by atoms with Gasteiger partial charge in [-0.15, -0.1) is 6.58 Å². The second kappa shape index (κ2) is 3.37. The molecule has 2 nitrogen and oxygen atoms in total. The van der Waals surface area contributed by atoms with E-state index in [0.717, 1.165) is 19.6 Å². The lowest BCUT2D eigenvalue weighted by Crippen LogP contribution is -2.60. The third-order valence-electron chi connectivity index (χ3n) is 2.68. The summed E-state index contributed by atoms with van der Waals surface area (Å²) in [6, 6.07) is 0. The SMILES string of the molecule is C=CC(C)C1(C)CNCCN1. The normalized spacial score (nSPS) is 34.7. The molecular formula is C9H18N2. The van der Waals surface area contributed by atoms with Crippen LogP contribution in [0.15, 0.2) is 12.7 Å². The number of piperazine rings is 1. The Labute approximate surface area is 69.1 Å². The van der Waals surface area contributed by atoms with Gasteiger partial charge in [-0.3, -0.25) is 0 Å². The fourth-order valence-electron chi connectivity index (χ4n) is 1.43. The molecule has 64 valence electrons. The highest BCUT2D eigenvalue weighted by Gasteiger charge is 2.30. The Morgan fingerprint density at radius 3 is 2.73 bits per heavy atom. The van der Waals surface area contributed by atoms with Crippen molar-refractivity contribution < 1.29 is 0 Å². The lowest BCUT2D eigenvalue weighted by Gasteiger charge is -2.39. The van der Waals surface area contributed by atoms with E-state index in [9.17, 15) is 0 Å². The van der Waals surface area contributed by atoms with E-state index < -0.39 is 0 Å². The Morgan fingerprint density at radius 1 is 1.55 bits per heavy atom. The molecule has 2 heteroatoms. The van der Waals surface area contributed by atoms with E-state index >= 15 is 0 Å². The molecule has 1 fully saturated rings. The smallest absolute Gasteiger partial charge is 0.0338 e. The van der Waals surface area contributed by atoms with Crippen molar-refractivity contribution in [2.45, 2.75) is 19.4 Å². The highest BCUT2D eigenvalue weighted by Crippen LogP contribution is 2.18. The van der Waals surface area contributed by atoms with Crippen LogP contribution < -0.4 is 10.6 Å². The zero-order valence-corrected chi connectivity index (χ0v) is 7.48. The zero-order valence-electron chi connectivity index (χ0n) is 7.48. The molecule has 1 aliphatic heterocycles. The predicted molar refractivity (Wildman–Crippen MR) is 48.6 cm³/mol. The van der Waals surface area contributed by atoms with E-state index in [1.54, 1.807) is 0 Å². The molecule has 11 heavy (non-hydrogen) atoms. The summed E-state index contributed by atoms with van der Waals surface area (Å²) in [4.78, 5) is 0. The van der Waals surface area contributed by atoms with Crippen LogP contribution in [0.1, 0.15) is 13.8 Å². The predicted octanol–water partition coefficient (Wildman–Crippen LogP) is 0.760. The average molecular weight is 154 g/mol. The summed E-state index contributed by atoms with van der Waals surface area (Å²) in [6.45, 7) is 11.4. The van der Waals surface area contributed by atoms with Gasteiger partial charge in [-0.2, -0.15) is 0 Å². The minimum Gasteiger partial charge on any atom is -0.314 e. The first kappa shape index (κ1) is 8.75. The summed E-state index contributed by atoms with van der Waals surface area (Å²) < 4.78 is 0. The van der Waals surface area contributed by atoms with E-state index in [1.165, 1.54) is 0 Å². The van der Waals surface area contributed by atoms with Crippen molar-refractivity contribution in [2.75, 3.05) is 19.6 Å². The van der Waals surface area contributed by atoms with Crippen LogP contribution in [0.3, 0.4) is 0 Å². The van der Waals surface area contributed by atoms with E-state index in [-0.39, 0.29) is 5.54 Å². The number of hydrogen-bond donors (Lipinski definition) is 2. The zero-order chi connectivity index (χ0) is 8.32. The molecule has 2 atom stereocenters.